The van der Waals surface area contributed by atoms with Crippen molar-refractivity contribution in [3.8, 4) is 11.3 Å². The Balaban J connectivity index is 0.676. The Kier molecular flexibility index (Phi) is 15.3. The fourth-order valence-corrected chi connectivity index (χ4v) is 9.90. The van der Waals surface area contributed by atoms with Gasteiger partial charge in [-0.25, -0.2) is 18.7 Å². The van der Waals surface area contributed by atoms with Crippen LogP contribution in [0.4, 0.5) is 26.1 Å². The summed E-state index contributed by atoms with van der Waals surface area (Å²) < 4.78 is 30.0. The van der Waals surface area contributed by atoms with E-state index in [0.29, 0.717) is 68.3 Å². The van der Waals surface area contributed by atoms with E-state index in [1.807, 2.05) is 24.3 Å². The van der Waals surface area contributed by atoms with Crippen LogP contribution < -0.4 is 27.1 Å². The lowest BCUT2D eigenvalue weighted by atomic mass is 9.91. The molecule has 15 nitrogen and oxygen atoms in total. The summed E-state index contributed by atoms with van der Waals surface area (Å²) >= 11 is 6.38. The molecule has 3 aliphatic heterocycles. The minimum atomic E-state index is -0.722. The minimum absolute atomic E-state index is 0.103. The SMILES string of the molecule is NN=C(C=NC1CCC(NCCCCCCCC(=O)Nc2cccc3c2CN(C2CCC(=O)NC2=O)C3=O)CC1)c1ccc(Nc2ncc3c(n2)-c2ccc(Cl)cc2C(c2c(F)cccc2F)=NC3)cc1. The van der Waals surface area contributed by atoms with Crippen LogP contribution in [0.5, 0.6) is 0 Å². The molecule has 71 heavy (non-hydrogen) atoms. The van der Waals surface area contributed by atoms with Crippen molar-refractivity contribution in [2.24, 2.45) is 20.9 Å². The standard InChI is InChI=1S/C53H54ClF2N11O4/c54-33-15-22-37-39(26-33)50(48-41(55)9-7-10-42(48)56)60-27-32-28-61-53(65-49(32)37)62-36-16-13-31(14-17-36)44(66-57)29-59-35-20-18-34(19-21-35)58-25-5-3-1-2-4-12-46(68)63-43-11-6-8-38-40(43)30-67(52(38)71)45-23-24-47(69)64-51(45)70/h6-11,13-17,22,26,28-29,34-35,45,58H,1-5,12,18-21,23-25,27,30,57H2,(H,63,68)(H,61,62,65)(H,64,69,70). The van der Waals surface area contributed by atoms with E-state index in [2.05, 4.69) is 36.3 Å². The van der Waals surface area contributed by atoms with Crippen LogP contribution in [0, 0.1) is 11.6 Å². The molecule has 4 aromatic carbocycles. The summed E-state index contributed by atoms with van der Waals surface area (Å²) in [5, 5.41) is 16.7. The van der Waals surface area contributed by atoms with E-state index in [1.165, 1.54) is 23.1 Å². The number of hydrogen-bond donors (Lipinski definition) is 5. The highest BCUT2D eigenvalue weighted by atomic mass is 35.5. The zero-order chi connectivity index (χ0) is 49.4. The second-order valence-electron chi connectivity index (χ2n) is 18.3. The van der Waals surface area contributed by atoms with Gasteiger partial charge in [-0.05, 0) is 100 Å². The number of aliphatic imine (C=N–C) groups is 2. The lowest BCUT2D eigenvalue weighted by Crippen LogP contribution is -2.52. The van der Waals surface area contributed by atoms with Crippen molar-refractivity contribution in [1.29, 1.82) is 0 Å². The van der Waals surface area contributed by atoms with Crippen LogP contribution >= 0.6 is 11.6 Å². The van der Waals surface area contributed by atoms with Crippen LogP contribution in [0.3, 0.4) is 0 Å². The molecule has 4 heterocycles. The first-order valence-electron chi connectivity index (χ1n) is 24.2. The Hall–Kier alpha value is -7.24. The summed E-state index contributed by atoms with van der Waals surface area (Å²) in [5.41, 5.74) is 6.12. The fraction of sp³-hybridized carbons (Fsp3) is 0.340. The van der Waals surface area contributed by atoms with E-state index in [4.69, 9.17) is 27.4 Å². The van der Waals surface area contributed by atoms with Crippen LogP contribution in [0.1, 0.15) is 115 Å². The molecule has 5 aromatic rings. The van der Waals surface area contributed by atoms with Gasteiger partial charge in [0.1, 0.15) is 23.4 Å². The smallest absolute Gasteiger partial charge is 0.255 e. The Bertz CT molecular complexity index is 2920. The maximum atomic E-state index is 15.0. The quantitative estimate of drug-likeness (QED) is 0.0199. The lowest BCUT2D eigenvalue weighted by molar-refractivity contribution is -0.137. The average molecular weight is 983 g/mol. The highest BCUT2D eigenvalue weighted by Gasteiger charge is 2.40. The van der Waals surface area contributed by atoms with E-state index in [1.54, 1.807) is 48.8 Å². The largest absolute Gasteiger partial charge is 0.326 e. The lowest BCUT2D eigenvalue weighted by Gasteiger charge is -2.29. The third-order valence-electron chi connectivity index (χ3n) is 13.5. The first-order valence-corrected chi connectivity index (χ1v) is 24.5. The first kappa shape index (κ1) is 48.8. The normalized spacial score (nSPS) is 18.9. The van der Waals surface area contributed by atoms with Gasteiger partial charge in [0.05, 0.1) is 29.6 Å². The molecule has 1 unspecified atom stereocenters. The molecule has 1 aliphatic carbocycles. The van der Waals surface area contributed by atoms with E-state index in [-0.39, 0.29) is 61.0 Å². The minimum Gasteiger partial charge on any atom is -0.326 e. The van der Waals surface area contributed by atoms with Gasteiger partial charge in [-0.3, -0.25) is 34.5 Å². The zero-order valence-corrected chi connectivity index (χ0v) is 39.8. The molecule has 2 fully saturated rings. The number of nitrogens with two attached hydrogens (primary N) is 1. The van der Waals surface area contributed by atoms with Crippen molar-refractivity contribution in [2.45, 2.75) is 108 Å². The highest BCUT2D eigenvalue weighted by Crippen LogP contribution is 2.36. The first-order chi connectivity index (χ1) is 34.5. The third-order valence-corrected chi connectivity index (χ3v) is 13.7. The molecular weight excluding hydrogens is 928 g/mol. The van der Waals surface area contributed by atoms with Crippen molar-refractivity contribution in [2.75, 3.05) is 17.2 Å². The molecule has 9 rings (SSSR count). The summed E-state index contributed by atoms with van der Waals surface area (Å²) in [6.45, 7) is 1.27. The molecule has 1 saturated heterocycles. The number of imide groups is 1. The van der Waals surface area contributed by atoms with Gasteiger partial charge in [-0.1, -0.05) is 61.2 Å². The maximum Gasteiger partial charge on any atom is 0.255 e. The Morgan fingerprint density at radius 1 is 0.887 bits per heavy atom. The number of halogens is 3. The number of rotatable bonds is 17. The number of nitrogens with one attached hydrogen (secondary N) is 4. The van der Waals surface area contributed by atoms with Gasteiger partial charge >= 0.3 is 0 Å². The van der Waals surface area contributed by atoms with Crippen LogP contribution in [0.25, 0.3) is 11.3 Å². The van der Waals surface area contributed by atoms with Crippen molar-refractivity contribution < 1.29 is 28.0 Å². The Labute approximate surface area is 414 Å². The van der Waals surface area contributed by atoms with Gasteiger partial charge in [0, 0.05) is 87.6 Å². The predicted octanol–water partition coefficient (Wildman–Crippen LogP) is 8.54. The van der Waals surface area contributed by atoms with Crippen molar-refractivity contribution >= 4 is 70.2 Å². The number of amides is 4. The van der Waals surface area contributed by atoms with Crippen molar-refractivity contribution in [3.05, 3.63) is 135 Å². The van der Waals surface area contributed by atoms with Crippen LogP contribution in [-0.2, 0) is 27.5 Å². The van der Waals surface area contributed by atoms with Crippen molar-refractivity contribution in [3.63, 3.8) is 0 Å². The number of fused-ring (bicyclic) bond motifs is 4. The molecule has 1 atom stereocenters. The van der Waals surface area contributed by atoms with Gasteiger partial charge in [-0.2, -0.15) is 5.10 Å². The molecule has 0 radical (unpaired) electrons. The summed E-state index contributed by atoms with van der Waals surface area (Å²) in [5.74, 6) is 3.55. The second kappa shape index (κ2) is 22.2. The number of benzene rings is 4. The van der Waals surface area contributed by atoms with E-state index >= 15 is 0 Å². The molecule has 0 bridgehead atoms. The summed E-state index contributed by atoms with van der Waals surface area (Å²) in [7, 11) is 0. The molecule has 18 heteroatoms. The highest BCUT2D eigenvalue weighted by molar-refractivity contribution is 6.38. The number of carbonyl (C=O) groups excluding carboxylic acids is 4. The average Bonchev–Trinajstić information content (AvgIpc) is 3.62. The zero-order valence-electron chi connectivity index (χ0n) is 39.0. The number of nitrogens with zero attached hydrogens (tertiary/aromatic N) is 6. The molecular formula is C53H54ClF2N11O4. The van der Waals surface area contributed by atoms with Gasteiger partial charge in [-0.15, -0.1) is 0 Å². The van der Waals surface area contributed by atoms with Gasteiger partial charge < -0.3 is 26.7 Å². The summed E-state index contributed by atoms with van der Waals surface area (Å²) in [6, 6.07) is 21.5. The molecule has 6 N–H and O–H groups in total. The molecule has 366 valence electrons. The number of anilines is 3. The number of hydrazone groups is 1. The van der Waals surface area contributed by atoms with Crippen LogP contribution in [0.2, 0.25) is 5.02 Å². The molecule has 1 saturated carbocycles. The number of unbranched alkanes of at least 4 members (excludes halogenated alkanes) is 4. The van der Waals surface area contributed by atoms with E-state index in [0.717, 1.165) is 75.6 Å². The number of piperidine rings is 1. The molecule has 0 spiro atoms. The fourth-order valence-electron chi connectivity index (χ4n) is 9.73. The predicted molar refractivity (Wildman–Crippen MR) is 270 cm³/mol. The Morgan fingerprint density at radius 2 is 1.65 bits per heavy atom. The second-order valence-corrected chi connectivity index (χ2v) is 18.7. The van der Waals surface area contributed by atoms with Gasteiger partial charge in [0.2, 0.25) is 23.7 Å². The summed E-state index contributed by atoms with van der Waals surface area (Å²) in [6.07, 6.45) is 13.1. The van der Waals surface area contributed by atoms with Gasteiger partial charge in [0.15, 0.2) is 0 Å². The Morgan fingerprint density at radius 3 is 2.42 bits per heavy atom. The number of hydrogen-bond acceptors (Lipinski definition) is 12. The molecule has 4 aliphatic rings. The summed E-state index contributed by atoms with van der Waals surface area (Å²) in [4.78, 5) is 70.3. The molecule has 4 amide bonds. The third kappa shape index (κ3) is 11.4. The number of aromatic nitrogens is 2. The van der Waals surface area contributed by atoms with Crippen LogP contribution in [-0.4, -0.2) is 80.8 Å². The monoisotopic (exact) mass is 981 g/mol. The van der Waals surface area contributed by atoms with Gasteiger partial charge in [0.25, 0.3) is 5.91 Å². The topological polar surface area (TPSA) is 209 Å². The van der Waals surface area contributed by atoms with Crippen LogP contribution in [0.15, 0.2) is 100 Å². The maximum absolute atomic E-state index is 15.0. The molecule has 1 aromatic heterocycles. The number of carbonyl (C=O) groups is 4. The van der Waals surface area contributed by atoms with E-state index < -0.39 is 23.6 Å². The van der Waals surface area contributed by atoms with Crippen molar-refractivity contribution in [1.82, 2.24) is 25.5 Å². The van der Waals surface area contributed by atoms with E-state index in [9.17, 15) is 28.0 Å².